The Morgan fingerprint density at radius 2 is 1.00 bits per heavy atom. The second-order valence-corrected chi connectivity index (χ2v) is 15.0. The molecular formula is C41H54N2O12. The fraction of sp³-hybridized carbons (Fsp3) is 0.439. The third kappa shape index (κ3) is 16.0. The van der Waals surface area contributed by atoms with Gasteiger partial charge >= 0.3 is 24.1 Å². The fourth-order valence-electron chi connectivity index (χ4n) is 4.55. The second-order valence-electron chi connectivity index (χ2n) is 15.0. The van der Waals surface area contributed by atoms with Crippen LogP contribution in [0.3, 0.4) is 0 Å². The molecule has 0 aromatic heterocycles. The molecule has 0 bridgehead atoms. The van der Waals surface area contributed by atoms with Gasteiger partial charge in [0.05, 0.1) is 14.2 Å². The summed E-state index contributed by atoms with van der Waals surface area (Å²) >= 11 is 0. The van der Waals surface area contributed by atoms with Crippen LogP contribution < -0.4 is 29.6 Å². The van der Waals surface area contributed by atoms with Gasteiger partial charge in [-0.1, -0.05) is 52.0 Å². The second kappa shape index (κ2) is 20.0. The van der Waals surface area contributed by atoms with Gasteiger partial charge in [-0.2, -0.15) is 0 Å². The Morgan fingerprint density at radius 3 is 1.35 bits per heavy atom. The lowest BCUT2D eigenvalue weighted by Crippen LogP contribution is -2.48. The average Bonchev–Trinajstić information content (AvgIpc) is 3.06. The number of aliphatic hydroxyl groups excluding tert-OH is 1. The molecule has 0 unspecified atom stereocenters. The molecule has 14 nitrogen and oxygen atoms in total. The van der Waals surface area contributed by atoms with Gasteiger partial charge in [0.2, 0.25) is 0 Å². The van der Waals surface area contributed by atoms with Crippen LogP contribution in [0.4, 0.5) is 9.59 Å². The standard InChI is InChI=1S/C41H54N2O12/c1-24(2)34(42-38(48)54-40(5,6)7)36(46)52-30-19-15-26(21-32(30)50-11)13-17-28(44)23-29(45)18-14-27-16-20-31(33(22-27)51-12)53-37(47)35(25(3)4)43-39(49)55-41(8,9)10/h13-25,34-35,44H,1-12H3,(H,42,48)(H,43,49)/b17-13+,18-14+,28-23?/t34-,35-/m0/s1. The molecule has 0 aliphatic carbocycles. The Balaban J connectivity index is 2.10. The van der Waals surface area contributed by atoms with Crippen LogP contribution in [0.25, 0.3) is 12.2 Å². The molecule has 0 radical (unpaired) electrons. The van der Waals surface area contributed by atoms with Gasteiger partial charge in [-0.25, -0.2) is 19.2 Å². The number of ketones is 1. The fourth-order valence-corrected chi connectivity index (χ4v) is 4.55. The van der Waals surface area contributed by atoms with E-state index in [1.165, 1.54) is 50.7 Å². The number of nitrogens with one attached hydrogen (secondary N) is 2. The molecule has 0 saturated carbocycles. The van der Waals surface area contributed by atoms with Crippen LogP contribution in [-0.4, -0.2) is 72.5 Å². The number of aliphatic hydroxyl groups is 1. The SMILES string of the molecule is COc1cc(/C=C/C(=O)C=C(O)/C=C/c2ccc(OC(=O)[C@@H](NC(=O)OC(C)(C)C)C(C)C)c(OC)c2)ccc1OC(=O)[C@@H](NC(=O)OC(C)(C)C)C(C)C. The summed E-state index contributed by atoms with van der Waals surface area (Å²) in [6.07, 6.45) is 5.07. The third-order valence-electron chi connectivity index (χ3n) is 7.16. The summed E-state index contributed by atoms with van der Waals surface area (Å²) in [5, 5.41) is 15.5. The highest BCUT2D eigenvalue weighted by molar-refractivity contribution is 6.02. The minimum absolute atomic E-state index is 0.105. The number of allylic oxidation sites excluding steroid dienone is 3. The van der Waals surface area contributed by atoms with Crippen molar-refractivity contribution >= 4 is 42.1 Å². The molecule has 0 fully saturated rings. The summed E-state index contributed by atoms with van der Waals surface area (Å²) in [7, 11) is 2.79. The van der Waals surface area contributed by atoms with E-state index in [9.17, 15) is 29.1 Å². The van der Waals surface area contributed by atoms with Crippen molar-refractivity contribution in [1.29, 1.82) is 0 Å². The maximum atomic E-state index is 13.0. The molecule has 14 heteroatoms. The predicted octanol–water partition coefficient (Wildman–Crippen LogP) is 7.35. The quantitative estimate of drug-likeness (QED) is 0.0539. The van der Waals surface area contributed by atoms with Crippen molar-refractivity contribution < 1.29 is 57.5 Å². The number of hydrogen-bond donors (Lipinski definition) is 3. The van der Waals surface area contributed by atoms with E-state index >= 15 is 0 Å². The molecule has 2 aromatic rings. The Morgan fingerprint density at radius 1 is 0.618 bits per heavy atom. The lowest BCUT2D eigenvalue weighted by molar-refractivity contribution is -0.138. The number of methoxy groups -OCH3 is 2. The number of amides is 2. The van der Waals surface area contributed by atoms with E-state index in [0.717, 1.165) is 6.08 Å². The molecular weight excluding hydrogens is 712 g/mol. The molecule has 55 heavy (non-hydrogen) atoms. The van der Waals surface area contributed by atoms with Gasteiger partial charge in [-0.05, 0) is 101 Å². The van der Waals surface area contributed by atoms with Crippen LogP contribution in [0.5, 0.6) is 23.0 Å². The summed E-state index contributed by atoms with van der Waals surface area (Å²) in [6.45, 7) is 17.3. The normalized spacial score (nSPS) is 13.3. The van der Waals surface area contributed by atoms with Crippen molar-refractivity contribution in [3.63, 3.8) is 0 Å². The van der Waals surface area contributed by atoms with Crippen LogP contribution in [-0.2, 0) is 23.9 Å². The van der Waals surface area contributed by atoms with Crippen LogP contribution >= 0.6 is 0 Å². The molecule has 0 spiro atoms. The Kier molecular flexibility index (Phi) is 16.5. The first-order chi connectivity index (χ1) is 25.5. The number of carbonyl (C=O) groups is 5. The smallest absolute Gasteiger partial charge is 0.408 e. The van der Waals surface area contributed by atoms with Crippen molar-refractivity contribution in [2.45, 2.75) is 92.5 Å². The summed E-state index contributed by atoms with van der Waals surface area (Å²) < 4.78 is 32.4. The summed E-state index contributed by atoms with van der Waals surface area (Å²) in [6, 6.07) is 7.33. The van der Waals surface area contributed by atoms with E-state index < -0.39 is 53.2 Å². The van der Waals surface area contributed by atoms with Crippen LogP contribution in [0.1, 0.15) is 80.4 Å². The Labute approximate surface area is 322 Å². The molecule has 2 rings (SSSR count). The highest BCUT2D eigenvalue weighted by atomic mass is 16.6. The van der Waals surface area contributed by atoms with E-state index in [1.54, 1.807) is 93.5 Å². The van der Waals surface area contributed by atoms with Crippen LogP contribution in [0.2, 0.25) is 0 Å². The summed E-state index contributed by atoms with van der Waals surface area (Å²) in [5.74, 6) is -2.26. The van der Waals surface area contributed by atoms with Crippen molar-refractivity contribution in [3.05, 3.63) is 71.5 Å². The number of carbonyl (C=O) groups excluding carboxylic acids is 5. The predicted molar refractivity (Wildman–Crippen MR) is 207 cm³/mol. The molecule has 0 saturated heterocycles. The van der Waals surface area contributed by atoms with E-state index in [2.05, 4.69) is 10.6 Å². The summed E-state index contributed by atoms with van der Waals surface area (Å²) in [5.41, 5.74) is -0.403. The molecule has 0 heterocycles. The van der Waals surface area contributed by atoms with Gasteiger partial charge in [0.1, 0.15) is 29.0 Å². The van der Waals surface area contributed by atoms with E-state index in [0.29, 0.717) is 11.1 Å². The first kappa shape index (κ1) is 45.4. The van der Waals surface area contributed by atoms with Crippen LogP contribution in [0, 0.1) is 11.8 Å². The van der Waals surface area contributed by atoms with E-state index in [4.69, 9.17) is 28.4 Å². The zero-order chi connectivity index (χ0) is 41.7. The zero-order valence-corrected chi connectivity index (χ0v) is 33.6. The summed E-state index contributed by atoms with van der Waals surface area (Å²) in [4.78, 5) is 63.1. The van der Waals surface area contributed by atoms with Crippen LogP contribution in [0.15, 0.2) is 60.4 Å². The molecule has 0 aliphatic heterocycles. The van der Waals surface area contributed by atoms with Crippen molar-refractivity contribution in [2.75, 3.05) is 14.2 Å². The van der Waals surface area contributed by atoms with Crippen molar-refractivity contribution in [3.8, 4) is 23.0 Å². The first-order valence-corrected chi connectivity index (χ1v) is 17.6. The molecule has 300 valence electrons. The van der Waals surface area contributed by atoms with Gasteiger partial charge in [-0.3, -0.25) is 4.79 Å². The maximum Gasteiger partial charge on any atom is 0.408 e. The van der Waals surface area contributed by atoms with Gasteiger partial charge in [-0.15, -0.1) is 0 Å². The van der Waals surface area contributed by atoms with Gasteiger partial charge in [0, 0.05) is 6.08 Å². The monoisotopic (exact) mass is 766 g/mol. The molecule has 0 aliphatic rings. The molecule has 2 amide bonds. The zero-order valence-electron chi connectivity index (χ0n) is 33.6. The highest BCUT2D eigenvalue weighted by Crippen LogP contribution is 2.31. The van der Waals surface area contributed by atoms with Crippen molar-refractivity contribution in [1.82, 2.24) is 10.6 Å². The minimum atomic E-state index is -0.990. The largest absolute Gasteiger partial charge is 0.508 e. The Hall–Kier alpha value is -5.79. The molecule has 2 atom stereocenters. The lowest BCUT2D eigenvalue weighted by atomic mass is 10.1. The number of benzene rings is 2. The lowest BCUT2D eigenvalue weighted by Gasteiger charge is -2.24. The van der Waals surface area contributed by atoms with Crippen molar-refractivity contribution in [2.24, 2.45) is 11.8 Å². The van der Waals surface area contributed by atoms with E-state index in [1.807, 2.05) is 0 Å². The minimum Gasteiger partial charge on any atom is -0.508 e. The number of rotatable bonds is 15. The highest BCUT2D eigenvalue weighted by Gasteiger charge is 2.30. The topological polar surface area (TPSA) is 185 Å². The Bertz CT molecular complexity index is 1780. The first-order valence-electron chi connectivity index (χ1n) is 17.6. The average molecular weight is 767 g/mol. The molecule has 2 aromatic carbocycles. The third-order valence-corrected chi connectivity index (χ3v) is 7.16. The molecule has 3 N–H and O–H groups in total. The van der Waals surface area contributed by atoms with Gasteiger partial charge < -0.3 is 44.2 Å². The maximum absolute atomic E-state index is 13.0. The van der Waals surface area contributed by atoms with Gasteiger partial charge in [0.15, 0.2) is 28.8 Å². The number of esters is 2. The number of ether oxygens (including phenoxy) is 6. The number of hydrogen-bond acceptors (Lipinski definition) is 12. The van der Waals surface area contributed by atoms with E-state index in [-0.39, 0.29) is 40.6 Å². The van der Waals surface area contributed by atoms with Gasteiger partial charge in [0.25, 0.3) is 0 Å². The number of alkyl carbamates (subject to hydrolysis) is 2.